The molecule has 23 heavy (non-hydrogen) atoms. The van der Waals surface area contributed by atoms with E-state index in [4.69, 9.17) is 18.3 Å². The lowest BCUT2D eigenvalue weighted by atomic mass is 10.1. The molecular weight excluding hydrogens is 296 g/mol. The van der Waals surface area contributed by atoms with Crippen molar-refractivity contribution in [2.45, 2.75) is 33.1 Å². The number of rotatable bonds is 6. The van der Waals surface area contributed by atoms with E-state index in [-0.39, 0.29) is 5.43 Å². The summed E-state index contributed by atoms with van der Waals surface area (Å²) in [6.45, 7) is 4.42. The number of unbranched alkanes of at least 4 members (excludes halogenated alkanes) is 2. The Hall–Kier alpha value is -2.43. The van der Waals surface area contributed by atoms with Crippen LogP contribution in [-0.2, 0) is 0 Å². The molecule has 5 nitrogen and oxygen atoms in total. The third-order valence-electron chi connectivity index (χ3n) is 3.82. The van der Waals surface area contributed by atoms with E-state index in [9.17, 15) is 4.79 Å². The fourth-order valence-electron chi connectivity index (χ4n) is 2.76. The van der Waals surface area contributed by atoms with Crippen LogP contribution in [0, 0.1) is 6.92 Å². The molecule has 2 heterocycles. The number of fused-ring (bicyclic) bond motifs is 2. The van der Waals surface area contributed by atoms with Crippen LogP contribution in [0.15, 0.2) is 32.0 Å². The van der Waals surface area contributed by atoms with Gasteiger partial charge in [0.05, 0.1) is 25.4 Å². The second-order valence-electron chi connectivity index (χ2n) is 5.51. The van der Waals surface area contributed by atoms with Gasteiger partial charge in [-0.3, -0.25) is 4.79 Å². The minimum Gasteiger partial charge on any atom is -0.495 e. The Morgan fingerprint density at radius 2 is 2.00 bits per heavy atom. The molecule has 0 fully saturated rings. The van der Waals surface area contributed by atoms with E-state index in [1.54, 1.807) is 19.3 Å². The molecule has 2 aromatic heterocycles. The van der Waals surface area contributed by atoms with Gasteiger partial charge in [-0.15, -0.1) is 0 Å². The van der Waals surface area contributed by atoms with Gasteiger partial charge in [0.15, 0.2) is 16.6 Å². The van der Waals surface area contributed by atoms with Crippen molar-refractivity contribution < 1.29 is 18.3 Å². The van der Waals surface area contributed by atoms with Gasteiger partial charge in [0, 0.05) is 6.07 Å². The monoisotopic (exact) mass is 316 g/mol. The molecule has 0 atom stereocenters. The number of furan rings is 1. The molecule has 0 unspecified atom stereocenters. The maximum atomic E-state index is 12.4. The Balaban J connectivity index is 2.26. The zero-order chi connectivity index (χ0) is 16.4. The summed E-state index contributed by atoms with van der Waals surface area (Å²) < 4.78 is 22.7. The van der Waals surface area contributed by atoms with Crippen molar-refractivity contribution in [3.63, 3.8) is 0 Å². The van der Waals surface area contributed by atoms with E-state index in [1.807, 2.05) is 0 Å². The van der Waals surface area contributed by atoms with Crippen LogP contribution in [0.3, 0.4) is 0 Å². The van der Waals surface area contributed by atoms with Crippen LogP contribution in [-0.4, -0.2) is 13.7 Å². The van der Waals surface area contributed by atoms with Crippen molar-refractivity contribution in [1.82, 2.24) is 0 Å². The third kappa shape index (κ3) is 2.67. The average Bonchev–Trinajstić information content (AvgIpc) is 3.00. The molecule has 0 saturated heterocycles. The van der Waals surface area contributed by atoms with Gasteiger partial charge in [-0.1, -0.05) is 19.8 Å². The number of methoxy groups -OCH3 is 1. The zero-order valence-electron chi connectivity index (χ0n) is 13.6. The Morgan fingerprint density at radius 1 is 1.17 bits per heavy atom. The molecule has 0 aliphatic carbocycles. The van der Waals surface area contributed by atoms with Crippen molar-refractivity contribution in [3.8, 4) is 11.5 Å². The van der Waals surface area contributed by atoms with E-state index < -0.39 is 0 Å². The van der Waals surface area contributed by atoms with Crippen LogP contribution in [0.25, 0.3) is 21.9 Å². The molecule has 0 aliphatic heterocycles. The topological polar surface area (TPSA) is 61.8 Å². The molecule has 0 bridgehead atoms. The van der Waals surface area contributed by atoms with Crippen molar-refractivity contribution >= 4 is 21.9 Å². The molecule has 0 amide bonds. The molecule has 3 aromatic rings. The number of hydrogen-bond acceptors (Lipinski definition) is 5. The molecule has 3 rings (SSSR count). The van der Waals surface area contributed by atoms with Gasteiger partial charge in [0.1, 0.15) is 16.9 Å². The fourth-order valence-corrected chi connectivity index (χ4v) is 2.76. The van der Waals surface area contributed by atoms with Crippen molar-refractivity contribution in [1.29, 1.82) is 0 Å². The summed E-state index contributed by atoms with van der Waals surface area (Å²) in [4.78, 5) is 12.4. The van der Waals surface area contributed by atoms with Gasteiger partial charge in [-0.05, 0) is 19.4 Å². The predicted molar refractivity (Wildman–Crippen MR) is 88.6 cm³/mol. The second kappa shape index (κ2) is 6.36. The second-order valence-corrected chi connectivity index (χ2v) is 5.51. The fraction of sp³-hybridized carbons (Fsp3) is 0.389. The SMILES string of the molecule is CCCCCOc1c2occc2c(OC)c2c(=O)cc(C)oc12. The van der Waals surface area contributed by atoms with Gasteiger partial charge < -0.3 is 18.3 Å². The lowest BCUT2D eigenvalue weighted by molar-refractivity contribution is 0.303. The van der Waals surface area contributed by atoms with E-state index >= 15 is 0 Å². The average molecular weight is 316 g/mol. The lowest BCUT2D eigenvalue weighted by Gasteiger charge is -2.12. The number of aryl methyl sites for hydroxylation is 1. The maximum Gasteiger partial charge on any atom is 0.206 e. The van der Waals surface area contributed by atoms with Gasteiger partial charge in [-0.2, -0.15) is 0 Å². The first kappa shape index (κ1) is 15.5. The van der Waals surface area contributed by atoms with E-state index in [1.165, 1.54) is 13.2 Å². The Bertz CT molecular complexity index is 888. The predicted octanol–water partition coefficient (Wildman–Crippen LogP) is 4.43. The lowest BCUT2D eigenvalue weighted by Crippen LogP contribution is -2.06. The quantitative estimate of drug-likeness (QED) is 0.630. The van der Waals surface area contributed by atoms with Crippen LogP contribution in [0.2, 0.25) is 0 Å². The van der Waals surface area contributed by atoms with Crippen LogP contribution in [0.4, 0.5) is 0 Å². The smallest absolute Gasteiger partial charge is 0.206 e. The maximum absolute atomic E-state index is 12.4. The number of benzene rings is 1. The summed E-state index contributed by atoms with van der Waals surface area (Å²) in [6, 6.07) is 3.23. The van der Waals surface area contributed by atoms with Gasteiger partial charge >= 0.3 is 0 Å². The first-order valence-electron chi connectivity index (χ1n) is 7.81. The van der Waals surface area contributed by atoms with E-state index in [0.29, 0.717) is 45.8 Å². The minimum atomic E-state index is -0.151. The van der Waals surface area contributed by atoms with Gasteiger partial charge in [-0.25, -0.2) is 0 Å². The van der Waals surface area contributed by atoms with Crippen LogP contribution in [0.5, 0.6) is 11.5 Å². The summed E-state index contributed by atoms with van der Waals surface area (Å²) in [5.41, 5.74) is 0.771. The van der Waals surface area contributed by atoms with Crippen LogP contribution < -0.4 is 14.9 Å². The highest BCUT2D eigenvalue weighted by atomic mass is 16.5. The molecule has 1 aromatic carbocycles. The van der Waals surface area contributed by atoms with E-state index in [0.717, 1.165) is 19.3 Å². The number of ether oxygens (including phenoxy) is 2. The first-order valence-corrected chi connectivity index (χ1v) is 7.81. The highest BCUT2D eigenvalue weighted by Crippen LogP contribution is 2.42. The van der Waals surface area contributed by atoms with Crippen molar-refractivity contribution in [2.24, 2.45) is 0 Å². The van der Waals surface area contributed by atoms with E-state index in [2.05, 4.69) is 6.92 Å². The summed E-state index contributed by atoms with van der Waals surface area (Å²) in [5, 5.41) is 1.10. The Labute approximate surface area is 133 Å². The molecule has 0 aliphatic rings. The van der Waals surface area contributed by atoms with Crippen LogP contribution in [0.1, 0.15) is 31.9 Å². The highest BCUT2D eigenvalue weighted by Gasteiger charge is 2.22. The molecule has 5 heteroatoms. The summed E-state index contributed by atoms with van der Waals surface area (Å²) >= 11 is 0. The molecule has 122 valence electrons. The molecule has 0 N–H and O–H groups in total. The largest absolute Gasteiger partial charge is 0.495 e. The molecule has 0 radical (unpaired) electrons. The summed E-state index contributed by atoms with van der Waals surface area (Å²) in [5.74, 6) is 1.45. The molecule has 0 saturated carbocycles. The van der Waals surface area contributed by atoms with Gasteiger partial charge in [0.25, 0.3) is 0 Å². The normalized spacial score (nSPS) is 11.3. The minimum absolute atomic E-state index is 0.151. The standard InChI is InChI=1S/C18H20O5/c1-4-5-6-8-21-18-16-12(7-9-22-16)15(20-3)14-13(19)10-11(2)23-17(14)18/h7,9-10H,4-6,8H2,1-3H3. The Kier molecular flexibility index (Phi) is 4.28. The van der Waals surface area contributed by atoms with Crippen molar-refractivity contribution in [2.75, 3.05) is 13.7 Å². The Morgan fingerprint density at radius 3 is 2.74 bits per heavy atom. The highest BCUT2D eigenvalue weighted by molar-refractivity contribution is 6.06. The van der Waals surface area contributed by atoms with Crippen molar-refractivity contribution in [3.05, 3.63) is 34.4 Å². The third-order valence-corrected chi connectivity index (χ3v) is 3.82. The zero-order valence-corrected chi connectivity index (χ0v) is 13.6. The molecule has 0 spiro atoms. The first-order chi connectivity index (χ1) is 11.2. The number of hydrogen-bond donors (Lipinski definition) is 0. The summed E-state index contributed by atoms with van der Waals surface area (Å²) in [7, 11) is 1.53. The van der Waals surface area contributed by atoms with Crippen LogP contribution >= 0.6 is 0 Å². The summed E-state index contributed by atoms with van der Waals surface area (Å²) in [6.07, 6.45) is 4.68. The van der Waals surface area contributed by atoms with Gasteiger partial charge in [0.2, 0.25) is 5.75 Å². The molecular formula is C18H20O5.